The lowest BCUT2D eigenvalue weighted by atomic mass is 9.91. The van der Waals surface area contributed by atoms with Crippen LogP contribution in [0.4, 0.5) is 5.82 Å². The van der Waals surface area contributed by atoms with Crippen LogP contribution >= 0.6 is 0 Å². The average molecular weight is 413 g/mol. The molecular weight excluding hydrogens is 380 g/mol. The predicted octanol–water partition coefficient (Wildman–Crippen LogP) is 3.18. The normalized spacial score (nSPS) is 17.7. The van der Waals surface area contributed by atoms with Crippen LogP contribution in [-0.4, -0.2) is 49.6 Å². The van der Waals surface area contributed by atoms with Crippen molar-refractivity contribution in [2.75, 3.05) is 18.4 Å². The zero-order chi connectivity index (χ0) is 22.1. The van der Waals surface area contributed by atoms with Gasteiger partial charge in [0, 0.05) is 42.4 Å². The molecule has 0 radical (unpaired) electrons. The molecule has 1 atom stereocenters. The largest absolute Gasteiger partial charge is 0.341 e. The Bertz CT molecular complexity index is 908. The van der Waals surface area contributed by atoms with Crippen LogP contribution in [0.1, 0.15) is 60.1 Å². The second kappa shape index (κ2) is 8.16. The molecule has 1 N–H and O–H groups in total. The van der Waals surface area contributed by atoms with E-state index in [1.165, 1.54) is 0 Å². The number of nitrogens with zero attached hydrogens (tertiary/aromatic N) is 5. The molecule has 3 rings (SSSR count). The van der Waals surface area contributed by atoms with Crippen molar-refractivity contribution in [2.24, 2.45) is 11.3 Å². The maximum atomic E-state index is 13.1. The van der Waals surface area contributed by atoms with E-state index in [1.807, 2.05) is 31.7 Å². The number of piperidine rings is 1. The van der Waals surface area contributed by atoms with Crippen LogP contribution in [-0.2, 0) is 15.0 Å². The highest BCUT2D eigenvalue weighted by molar-refractivity contribution is 5.93. The van der Waals surface area contributed by atoms with Crippen LogP contribution in [0.5, 0.6) is 0 Å². The molecule has 3 heterocycles. The van der Waals surface area contributed by atoms with Crippen LogP contribution in [0.15, 0.2) is 24.5 Å². The SMILES string of the molecule is CC(C)(C)C(=O)N1CCCC(C(=O)Nc2cc(C(C)(C)C)nn2-c2ncccn2)C1. The Balaban J connectivity index is 1.82. The molecule has 8 heteroatoms. The van der Waals surface area contributed by atoms with E-state index in [9.17, 15) is 9.59 Å². The summed E-state index contributed by atoms with van der Waals surface area (Å²) in [6.45, 7) is 13.0. The maximum Gasteiger partial charge on any atom is 0.252 e. The molecule has 1 fully saturated rings. The van der Waals surface area contributed by atoms with E-state index in [-0.39, 0.29) is 23.1 Å². The number of likely N-dealkylation sites (tertiary alicyclic amines) is 1. The number of hydrogen-bond donors (Lipinski definition) is 1. The Morgan fingerprint density at radius 1 is 1.10 bits per heavy atom. The van der Waals surface area contributed by atoms with Crippen LogP contribution in [0.3, 0.4) is 0 Å². The Morgan fingerprint density at radius 2 is 1.77 bits per heavy atom. The molecule has 1 saturated heterocycles. The fraction of sp³-hybridized carbons (Fsp3) is 0.591. The zero-order valence-corrected chi connectivity index (χ0v) is 18.8. The molecule has 162 valence electrons. The lowest BCUT2D eigenvalue weighted by molar-refractivity contribution is -0.142. The monoisotopic (exact) mass is 412 g/mol. The molecule has 0 spiro atoms. The zero-order valence-electron chi connectivity index (χ0n) is 18.8. The third kappa shape index (κ3) is 4.86. The van der Waals surface area contributed by atoms with Gasteiger partial charge in [0.2, 0.25) is 11.8 Å². The number of hydrogen-bond acceptors (Lipinski definition) is 5. The maximum absolute atomic E-state index is 13.1. The molecule has 0 saturated carbocycles. The van der Waals surface area contributed by atoms with Crippen molar-refractivity contribution >= 4 is 17.6 Å². The van der Waals surface area contributed by atoms with Crippen molar-refractivity contribution in [3.8, 4) is 5.95 Å². The summed E-state index contributed by atoms with van der Waals surface area (Å²) in [4.78, 5) is 36.1. The third-order valence-electron chi connectivity index (χ3n) is 5.19. The average Bonchev–Trinajstić information content (AvgIpc) is 3.11. The number of rotatable bonds is 3. The molecule has 30 heavy (non-hydrogen) atoms. The van der Waals surface area contributed by atoms with Crippen molar-refractivity contribution in [3.05, 3.63) is 30.2 Å². The standard InChI is InChI=1S/C22H32N6O2/c1-21(2,3)16-13-17(28(26-16)20-23-10-8-11-24-20)25-18(29)15-9-7-12-27(14-15)19(30)22(4,5)6/h8,10-11,13,15H,7,9,12,14H2,1-6H3,(H,25,29). The summed E-state index contributed by atoms with van der Waals surface area (Å²) < 4.78 is 1.57. The van der Waals surface area contributed by atoms with Crippen LogP contribution in [0.2, 0.25) is 0 Å². The van der Waals surface area contributed by atoms with Gasteiger partial charge in [0.1, 0.15) is 5.82 Å². The van der Waals surface area contributed by atoms with Gasteiger partial charge in [0.15, 0.2) is 0 Å². The van der Waals surface area contributed by atoms with Crippen molar-refractivity contribution in [3.63, 3.8) is 0 Å². The molecular formula is C22H32N6O2. The van der Waals surface area contributed by atoms with Crippen molar-refractivity contribution in [1.29, 1.82) is 0 Å². The van der Waals surface area contributed by atoms with Gasteiger partial charge in [0.05, 0.1) is 11.6 Å². The van der Waals surface area contributed by atoms with Gasteiger partial charge in [-0.25, -0.2) is 9.97 Å². The summed E-state index contributed by atoms with van der Waals surface area (Å²) >= 11 is 0. The Morgan fingerprint density at radius 3 is 2.37 bits per heavy atom. The summed E-state index contributed by atoms with van der Waals surface area (Å²) in [5.74, 6) is 0.645. The topological polar surface area (TPSA) is 93.0 Å². The van der Waals surface area contributed by atoms with Gasteiger partial charge in [-0.15, -0.1) is 0 Å². The van der Waals surface area contributed by atoms with E-state index in [4.69, 9.17) is 0 Å². The third-order valence-corrected chi connectivity index (χ3v) is 5.19. The van der Waals surface area contributed by atoms with Gasteiger partial charge in [-0.1, -0.05) is 41.5 Å². The second-order valence-corrected chi connectivity index (χ2v) is 9.95. The molecule has 2 aromatic rings. The summed E-state index contributed by atoms with van der Waals surface area (Å²) in [5, 5.41) is 7.65. The number of anilines is 1. The molecule has 1 unspecified atom stereocenters. The first-order valence-electron chi connectivity index (χ1n) is 10.4. The van der Waals surface area contributed by atoms with Crippen LogP contribution in [0.25, 0.3) is 5.95 Å². The van der Waals surface area contributed by atoms with Gasteiger partial charge < -0.3 is 10.2 Å². The molecule has 1 aliphatic rings. The van der Waals surface area contributed by atoms with Gasteiger partial charge in [0.25, 0.3) is 5.95 Å². The summed E-state index contributed by atoms with van der Waals surface area (Å²) in [5.41, 5.74) is 0.183. The van der Waals surface area contributed by atoms with E-state index in [0.29, 0.717) is 24.9 Å². The molecule has 0 aromatic carbocycles. The van der Waals surface area contributed by atoms with E-state index >= 15 is 0 Å². The first kappa shape index (κ1) is 21.9. The Kier molecular flexibility index (Phi) is 5.97. The molecule has 0 aliphatic carbocycles. The lowest BCUT2D eigenvalue weighted by Gasteiger charge is -2.35. The van der Waals surface area contributed by atoms with Crippen molar-refractivity contribution < 1.29 is 9.59 Å². The fourth-order valence-electron chi connectivity index (χ4n) is 3.47. The number of carbonyl (C=O) groups is 2. The lowest BCUT2D eigenvalue weighted by Crippen LogP contribution is -2.47. The van der Waals surface area contributed by atoms with Gasteiger partial charge in [-0.2, -0.15) is 9.78 Å². The van der Waals surface area contributed by atoms with Gasteiger partial charge in [-0.3, -0.25) is 9.59 Å². The van der Waals surface area contributed by atoms with E-state index in [0.717, 1.165) is 18.5 Å². The first-order valence-corrected chi connectivity index (χ1v) is 10.4. The summed E-state index contributed by atoms with van der Waals surface area (Å²) in [6.07, 6.45) is 4.85. The van der Waals surface area contributed by atoms with E-state index < -0.39 is 5.41 Å². The minimum atomic E-state index is -0.455. The molecule has 2 amide bonds. The quantitative estimate of drug-likeness (QED) is 0.836. The first-order chi connectivity index (χ1) is 14.0. The highest BCUT2D eigenvalue weighted by Crippen LogP contribution is 2.27. The Labute approximate surface area is 178 Å². The van der Waals surface area contributed by atoms with Crippen LogP contribution < -0.4 is 5.32 Å². The van der Waals surface area contributed by atoms with E-state index in [2.05, 4.69) is 41.2 Å². The molecule has 0 bridgehead atoms. The number of amides is 2. The Hall–Kier alpha value is -2.77. The molecule has 1 aliphatic heterocycles. The number of nitrogens with one attached hydrogen (secondary N) is 1. The van der Waals surface area contributed by atoms with Gasteiger partial charge in [-0.05, 0) is 18.9 Å². The van der Waals surface area contributed by atoms with Crippen molar-refractivity contribution in [2.45, 2.75) is 59.8 Å². The van der Waals surface area contributed by atoms with Crippen LogP contribution in [0, 0.1) is 11.3 Å². The van der Waals surface area contributed by atoms with Gasteiger partial charge >= 0.3 is 0 Å². The molecule has 2 aromatic heterocycles. The summed E-state index contributed by atoms with van der Waals surface area (Å²) in [7, 11) is 0. The number of carbonyl (C=O) groups excluding carboxylic acids is 2. The highest BCUT2D eigenvalue weighted by Gasteiger charge is 2.34. The van der Waals surface area contributed by atoms with Crippen molar-refractivity contribution in [1.82, 2.24) is 24.6 Å². The van der Waals surface area contributed by atoms with E-state index in [1.54, 1.807) is 23.1 Å². The highest BCUT2D eigenvalue weighted by atomic mass is 16.2. The summed E-state index contributed by atoms with van der Waals surface area (Å²) in [6, 6.07) is 3.61. The smallest absolute Gasteiger partial charge is 0.252 e. The molecule has 8 nitrogen and oxygen atoms in total. The second-order valence-electron chi connectivity index (χ2n) is 9.95. The minimum Gasteiger partial charge on any atom is -0.341 e. The predicted molar refractivity (Wildman–Crippen MR) is 115 cm³/mol. The number of aromatic nitrogens is 4. The fourth-order valence-corrected chi connectivity index (χ4v) is 3.47. The minimum absolute atomic E-state index is 0.0812.